The van der Waals surface area contributed by atoms with E-state index in [2.05, 4.69) is 48.1 Å². The first kappa shape index (κ1) is 19.8. The van der Waals surface area contributed by atoms with Crippen LogP contribution in [0.1, 0.15) is 36.7 Å². The van der Waals surface area contributed by atoms with Crippen LogP contribution in [0.15, 0.2) is 71.2 Å². The molecule has 0 atom stereocenters. The number of hydrogen-bond donors (Lipinski definition) is 1. The second-order valence-electron chi connectivity index (χ2n) is 7.96. The molecule has 0 bridgehead atoms. The van der Waals surface area contributed by atoms with Gasteiger partial charge in [-0.05, 0) is 53.4 Å². The SMILES string of the molecule is CC(C)(C)c1ccc(C(=O)Nc2ccc(Br)cc2-c2nc3ccccc3s2)cc1. The zero-order valence-corrected chi connectivity index (χ0v) is 18.9. The molecule has 0 aliphatic carbocycles. The topological polar surface area (TPSA) is 42.0 Å². The predicted molar refractivity (Wildman–Crippen MR) is 126 cm³/mol. The maximum atomic E-state index is 12.9. The van der Waals surface area contributed by atoms with Gasteiger partial charge in [-0.25, -0.2) is 4.98 Å². The number of para-hydroxylation sites is 1. The Morgan fingerprint density at radius 2 is 1.72 bits per heavy atom. The molecule has 0 fully saturated rings. The number of rotatable bonds is 3. The molecule has 4 aromatic rings. The number of halogens is 1. The fourth-order valence-corrected chi connectivity index (χ4v) is 4.46. The summed E-state index contributed by atoms with van der Waals surface area (Å²) < 4.78 is 2.07. The van der Waals surface area contributed by atoms with E-state index >= 15 is 0 Å². The summed E-state index contributed by atoms with van der Waals surface area (Å²) in [5.41, 5.74) is 4.50. The molecule has 1 N–H and O–H groups in total. The first-order chi connectivity index (χ1) is 13.8. The molecule has 1 aromatic heterocycles. The van der Waals surface area contributed by atoms with E-state index < -0.39 is 0 Å². The summed E-state index contributed by atoms with van der Waals surface area (Å²) in [6, 6.07) is 21.7. The molecule has 0 aliphatic heterocycles. The number of carbonyl (C=O) groups is 1. The van der Waals surface area contributed by atoms with Crippen molar-refractivity contribution in [1.29, 1.82) is 0 Å². The summed E-state index contributed by atoms with van der Waals surface area (Å²) in [5.74, 6) is -0.129. The van der Waals surface area contributed by atoms with Crippen molar-refractivity contribution in [3.63, 3.8) is 0 Å². The molecular formula is C24H21BrN2OS. The van der Waals surface area contributed by atoms with Gasteiger partial charge in [0.15, 0.2) is 0 Å². The fourth-order valence-electron chi connectivity index (χ4n) is 3.11. The van der Waals surface area contributed by atoms with Gasteiger partial charge in [-0.2, -0.15) is 0 Å². The minimum Gasteiger partial charge on any atom is -0.321 e. The Balaban J connectivity index is 1.66. The maximum absolute atomic E-state index is 12.9. The first-order valence-electron chi connectivity index (χ1n) is 9.39. The number of benzene rings is 3. The van der Waals surface area contributed by atoms with Gasteiger partial charge in [-0.15, -0.1) is 11.3 Å². The van der Waals surface area contributed by atoms with Gasteiger partial charge >= 0.3 is 0 Å². The van der Waals surface area contributed by atoms with Gasteiger partial charge < -0.3 is 5.32 Å². The van der Waals surface area contributed by atoms with E-state index in [0.29, 0.717) is 5.56 Å². The molecule has 0 unspecified atom stereocenters. The molecule has 0 saturated heterocycles. The fraction of sp³-hybridized carbons (Fsp3) is 0.167. The van der Waals surface area contributed by atoms with E-state index in [1.54, 1.807) is 11.3 Å². The van der Waals surface area contributed by atoms with Crippen LogP contribution in [-0.4, -0.2) is 10.9 Å². The Morgan fingerprint density at radius 1 is 1.00 bits per heavy atom. The summed E-state index contributed by atoms with van der Waals surface area (Å²) in [7, 11) is 0. The molecule has 146 valence electrons. The maximum Gasteiger partial charge on any atom is 0.255 e. The highest BCUT2D eigenvalue weighted by atomic mass is 79.9. The Kier molecular flexibility index (Phi) is 5.28. The number of carbonyl (C=O) groups excluding carboxylic acids is 1. The van der Waals surface area contributed by atoms with Crippen molar-refractivity contribution < 1.29 is 4.79 Å². The monoisotopic (exact) mass is 464 g/mol. The number of hydrogen-bond acceptors (Lipinski definition) is 3. The van der Waals surface area contributed by atoms with Crippen molar-refractivity contribution in [1.82, 2.24) is 4.98 Å². The molecule has 29 heavy (non-hydrogen) atoms. The molecule has 3 aromatic carbocycles. The standard InChI is InChI=1S/C24H21BrN2OS/c1-24(2,3)16-10-8-15(9-11-16)22(28)26-19-13-12-17(25)14-18(19)23-27-20-6-4-5-7-21(20)29-23/h4-14H,1-3H3,(H,26,28). The van der Waals surface area contributed by atoms with E-state index in [4.69, 9.17) is 4.98 Å². The second-order valence-corrected chi connectivity index (χ2v) is 9.90. The quantitative estimate of drug-likeness (QED) is 0.346. The molecule has 1 amide bonds. The molecule has 1 heterocycles. The van der Waals surface area contributed by atoms with Crippen LogP contribution < -0.4 is 5.32 Å². The Morgan fingerprint density at radius 3 is 2.41 bits per heavy atom. The van der Waals surface area contributed by atoms with E-state index in [9.17, 15) is 4.79 Å². The van der Waals surface area contributed by atoms with Crippen molar-refractivity contribution in [3.05, 3.63) is 82.3 Å². The second kappa shape index (κ2) is 7.73. The molecule has 3 nitrogen and oxygen atoms in total. The van der Waals surface area contributed by atoms with Gasteiger partial charge in [-0.1, -0.05) is 61.0 Å². The summed E-state index contributed by atoms with van der Waals surface area (Å²) in [6.07, 6.45) is 0. The third-order valence-corrected chi connectivity index (χ3v) is 6.33. The lowest BCUT2D eigenvalue weighted by molar-refractivity contribution is 0.102. The number of nitrogens with one attached hydrogen (secondary N) is 1. The van der Waals surface area contributed by atoms with Gasteiger partial charge in [0.1, 0.15) is 5.01 Å². The van der Waals surface area contributed by atoms with Crippen LogP contribution in [0.3, 0.4) is 0 Å². The van der Waals surface area contributed by atoms with Crippen LogP contribution >= 0.6 is 27.3 Å². The molecular weight excluding hydrogens is 444 g/mol. The van der Waals surface area contributed by atoms with Crippen LogP contribution in [0.5, 0.6) is 0 Å². The van der Waals surface area contributed by atoms with Crippen LogP contribution in [0.4, 0.5) is 5.69 Å². The highest BCUT2D eigenvalue weighted by Crippen LogP contribution is 2.36. The lowest BCUT2D eigenvalue weighted by Gasteiger charge is -2.19. The van der Waals surface area contributed by atoms with Crippen molar-refractivity contribution in [3.8, 4) is 10.6 Å². The Hall–Kier alpha value is -2.50. The number of thiazole rings is 1. The number of amides is 1. The first-order valence-corrected chi connectivity index (χ1v) is 11.0. The summed E-state index contributed by atoms with van der Waals surface area (Å²) in [4.78, 5) is 17.6. The average molecular weight is 465 g/mol. The zero-order valence-electron chi connectivity index (χ0n) is 16.5. The normalized spacial score (nSPS) is 11.6. The highest BCUT2D eigenvalue weighted by Gasteiger charge is 2.16. The summed E-state index contributed by atoms with van der Waals surface area (Å²) >= 11 is 5.16. The molecule has 4 rings (SSSR count). The van der Waals surface area contributed by atoms with Crippen LogP contribution in [0.2, 0.25) is 0 Å². The number of fused-ring (bicyclic) bond motifs is 1. The summed E-state index contributed by atoms with van der Waals surface area (Å²) in [5, 5.41) is 3.94. The lowest BCUT2D eigenvalue weighted by Crippen LogP contribution is -2.14. The van der Waals surface area contributed by atoms with E-state index in [-0.39, 0.29) is 11.3 Å². The van der Waals surface area contributed by atoms with Gasteiger partial charge in [-0.3, -0.25) is 4.79 Å². The zero-order chi connectivity index (χ0) is 20.6. The number of nitrogens with zero attached hydrogens (tertiary/aromatic N) is 1. The van der Waals surface area contributed by atoms with E-state index in [0.717, 1.165) is 30.9 Å². The van der Waals surface area contributed by atoms with Crippen LogP contribution in [0.25, 0.3) is 20.8 Å². The van der Waals surface area contributed by atoms with Crippen LogP contribution in [0, 0.1) is 0 Å². The molecule has 0 radical (unpaired) electrons. The highest BCUT2D eigenvalue weighted by molar-refractivity contribution is 9.10. The summed E-state index contributed by atoms with van der Waals surface area (Å²) in [6.45, 7) is 6.48. The third kappa shape index (κ3) is 4.26. The molecule has 5 heteroatoms. The van der Waals surface area contributed by atoms with Gasteiger partial charge in [0.25, 0.3) is 5.91 Å². The van der Waals surface area contributed by atoms with E-state index in [1.165, 1.54) is 5.56 Å². The van der Waals surface area contributed by atoms with Crippen LogP contribution in [-0.2, 0) is 5.41 Å². The van der Waals surface area contributed by atoms with Gasteiger partial charge in [0.2, 0.25) is 0 Å². The van der Waals surface area contributed by atoms with E-state index in [1.807, 2.05) is 60.7 Å². The lowest BCUT2D eigenvalue weighted by atomic mass is 9.87. The third-order valence-electron chi connectivity index (χ3n) is 4.77. The number of aromatic nitrogens is 1. The predicted octanol–water partition coefficient (Wildman–Crippen LogP) is 7.28. The van der Waals surface area contributed by atoms with Crippen molar-refractivity contribution in [2.24, 2.45) is 0 Å². The minimum absolute atomic E-state index is 0.0563. The van der Waals surface area contributed by atoms with Crippen molar-refractivity contribution in [2.45, 2.75) is 26.2 Å². The molecule has 0 saturated carbocycles. The largest absolute Gasteiger partial charge is 0.321 e. The van der Waals surface area contributed by atoms with Gasteiger partial charge in [0, 0.05) is 15.6 Å². The number of anilines is 1. The smallest absolute Gasteiger partial charge is 0.255 e. The van der Waals surface area contributed by atoms with Crippen molar-refractivity contribution >= 4 is 49.1 Å². The minimum atomic E-state index is -0.129. The average Bonchev–Trinajstić information content (AvgIpc) is 3.13. The Bertz CT molecular complexity index is 1160. The Labute approximate surface area is 182 Å². The van der Waals surface area contributed by atoms with Gasteiger partial charge in [0.05, 0.1) is 15.9 Å². The molecule has 0 aliphatic rings. The van der Waals surface area contributed by atoms with Crippen molar-refractivity contribution in [2.75, 3.05) is 5.32 Å². The molecule has 0 spiro atoms.